The Morgan fingerprint density at radius 1 is 1.06 bits per heavy atom. The van der Waals surface area contributed by atoms with Crippen molar-refractivity contribution >= 4 is 37.4 Å². The first kappa shape index (κ1) is 24.9. The monoisotopic (exact) mass is 493 g/mol. The maximum atomic E-state index is 13.5. The zero-order chi connectivity index (χ0) is 23.6. The molecule has 0 aliphatic rings. The molecule has 1 N–H and O–H groups in total. The van der Waals surface area contributed by atoms with E-state index in [4.69, 9.17) is 16.9 Å². The highest BCUT2D eigenvalue weighted by Crippen LogP contribution is 2.35. The summed E-state index contributed by atoms with van der Waals surface area (Å²) >= 11 is 5.83. The van der Waals surface area contributed by atoms with E-state index in [-0.39, 0.29) is 21.0 Å². The predicted octanol–water partition coefficient (Wildman–Crippen LogP) is 3.60. The van der Waals surface area contributed by atoms with Crippen molar-refractivity contribution in [3.8, 4) is 6.07 Å². The third kappa shape index (κ3) is 5.86. The van der Waals surface area contributed by atoms with Crippen molar-refractivity contribution in [2.45, 2.75) is 21.4 Å². The second kappa shape index (κ2) is 9.00. The highest BCUT2D eigenvalue weighted by atomic mass is 35.5. The highest BCUT2D eigenvalue weighted by Gasteiger charge is 2.48. The quantitative estimate of drug-likeness (QED) is 0.658. The first-order chi connectivity index (χ1) is 14.2. The summed E-state index contributed by atoms with van der Waals surface area (Å²) in [6.45, 7) is 0. The molecule has 0 fully saturated rings. The number of hydrogen-bond acceptors (Lipinski definition) is 6. The fourth-order valence-electron chi connectivity index (χ4n) is 2.52. The maximum Gasteiger partial charge on any atom is 0.398 e. The first-order valence-corrected chi connectivity index (χ1v) is 12.2. The van der Waals surface area contributed by atoms with Crippen molar-refractivity contribution in [1.29, 1.82) is 5.26 Å². The van der Waals surface area contributed by atoms with Crippen LogP contribution in [0.25, 0.3) is 6.08 Å². The van der Waals surface area contributed by atoms with E-state index >= 15 is 0 Å². The molecular weight excluding hydrogens is 479 g/mol. The fourth-order valence-corrected chi connectivity index (χ4v) is 4.80. The van der Waals surface area contributed by atoms with Crippen LogP contribution in [-0.4, -0.2) is 39.8 Å². The van der Waals surface area contributed by atoms with Crippen molar-refractivity contribution in [3.63, 3.8) is 0 Å². The first-order valence-electron chi connectivity index (χ1n) is 8.34. The van der Waals surface area contributed by atoms with Crippen LogP contribution in [-0.2, 0) is 19.7 Å². The third-order valence-corrected chi connectivity index (χ3v) is 7.49. The lowest BCUT2D eigenvalue weighted by Gasteiger charge is -2.23. The van der Waals surface area contributed by atoms with Crippen LogP contribution < -0.4 is 0 Å². The van der Waals surface area contributed by atoms with Crippen LogP contribution in [0.3, 0.4) is 0 Å². The molecular formula is C19H15ClF3NO5S2. The van der Waals surface area contributed by atoms with Gasteiger partial charge in [-0.3, -0.25) is 0 Å². The van der Waals surface area contributed by atoms with Gasteiger partial charge in [0.15, 0.2) is 15.3 Å². The Morgan fingerprint density at radius 3 is 2.06 bits per heavy atom. The molecule has 0 heterocycles. The Kier molecular flexibility index (Phi) is 7.22. The standard InChI is InChI=1S/C19H15ClF3NO5S2/c1-30(26,27)14-5-7-15(8-6-14)31(28,29)18(25)16(19(21,22)23)9-3-12-2-4-13(11-24)17(20)10-12/h2-10,16,18,25H,1H3/b9-3+. The summed E-state index contributed by atoms with van der Waals surface area (Å²) in [6.07, 6.45) is -2.83. The number of halogens is 4. The van der Waals surface area contributed by atoms with Gasteiger partial charge in [-0.25, -0.2) is 16.8 Å². The molecule has 0 aromatic heterocycles. The molecule has 12 heteroatoms. The summed E-state index contributed by atoms with van der Waals surface area (Å²) in [5.74, 6) is -2.79. The number of hydrogen-bond donors (Lipinski definition) is 1. The van der Waals surface area contributed by atoms with E-state index in [0.717, 1.165) is 36.6 Å². The fraction of sp³-hybridized carbons (Fsp3) is 0.211. The molecule has 2 rings (SSSR count). The van der Waals surface area contributed by atoms with Crippen molar-refractivity contribution in [1.82, 2.24) is 0 Å². The van der Waals surface area contributed by atoms with Gasteiger partial charge < -0.3 is 5.11 Å². The van der Waals surface area contributed by atoms with Gasteiger partial charge in [0.25, 0.3) is 0 Å². The van der Waals surface area contributed by atoms with E-state index in [1.807, 2.05) is 0 Å². The number of nitrogens with zero attached hydrogens (tertiary/aromatic N) is 1. The van der Waals surface area contributed by atoms with Crippen LogP contribution in [0.15, 0.2) is 58.3 Å². The molecule has 2 unspecified atom stereocenters. The van der Waals surface area contributed by atoms with Crippen LogP contribution in [0, 0.1) is 17.2 Å². The van der Waals surface area contributed by atoms with E-state index in [0.29, 0.717) is 6.08 Å². The largest absolute Gasteiger partial charge is 0.398 e. The van der Waals surface area contributed by atoms with Crippen LogP contribution >= 0.6 is 11.6 Å². The molecule has 0 saturated carbocycles. The summed E-state index contributed by atoms with van der Waals surface area (Å²) < 4.78 is 88.6. The minimum atomic E-state index is -5.12. The second-order valence-electron chi connectivity index (χ2n) is 6.46. The predicted molar refractivity (Wildman–Crippen MR) is 107 cm³/mol. The van der Waals surface area contributed by atoms with Crippen LogP contribution in [0.4, 0.5) is 13.2 Å². The Bertz CT molecular complexity index is 1250. The number of nitriles is 1. The van der Waals surface area contributed by atoms with Crippen LogP contribution in [0.1, 0.15) is 11.1 Å². The number of rotatable bonds is 6. The molecule has 2 atom stereocenters. The SMILES string of the molecule is CS(=O)(=O)c1ccc(S(=O)(=O)C(O)C(/C=C/c2ccc(C#N)c(Cl)c2)C(F)(F)F)cc1. The van der Waals surface area contributed by atoms with Gasteiger partial charge in [0.05, 0.1) is 20.4 Å². The zero-order valence-corrected chi connectivity index (χ0v) is 18.1. The average molecular weight is 494 g/mol. The van der Waals surface area contributed by atoms with Crippen molar-refractivity contribution in [3.05, 3.63) is 64.7 Å². The van der Waals surface area contributed by atoms with Gasteiger partial charge >= 0.3 is 6.18 Å². The summed E-state index contributed by atoms with van der Waals surface area (Å²) in [5, 5.41) is 18.9. The van der Waals surface area contributed by atoms with Crippen LogP contribution in [0.2, 0.25) is 5.02 Å². The topological polar surface area (TPSA) is 112 Å². The van der Waals surface area contributed by atoms with Crippen molar-refractivity contribution < 1.29 is 35.1 Å². The lowest BCUT2D eigenvalue weighted by Crippen LogP contribution is -2.38. The van der Waals surface area contributed by atoms with E-state index in [2.05, 4.69) is 0 Å². The summed E-state index contributed by atoms with van der Waals surface area (Å²) in [5.41, 5.74) is -2.63. The summed E-state index contributed by atoms with van der Waals surface area (Å²) in [4.78, 5) is -0.901. The van der Waals surface area contributed by atoms with E-state index in [1.54, 1.807) is 6.07 Å². The molecule has 31 heavy (non-hydrogen) atoms. The van der Waals surface area contributed by atoms with Gasteiger partial charge in [-0.15, -0.1) is 0 Å². The number of aliphatic hydroxyl groups is 1. The molecule has 166 valence electrons. The third-order valence-electron chi connectivity index (χ3n) is 4.19. The van der Waals surface area contributed by atoms with Gasteiger partial charge in [-0.05, 0) is 42.0 Å². The van der Waals surface area contributed by atoms with Crippen molar-refractivity contribution in [2.75, 3.05) is 6.26 Å². The zero-order valence-electron chi connectivity index (χ0n) is 15.7. The van der Waals surface area contributed by atoms with Gasteiger partial charge in [0, 0.05) is 6.26 Å². The molecule has 0 amide bonds. The van der Waals surface area contributed by atoms with Gasteiger partial charge in [0.2, 0.25) is 9.84 Å². The number of benzene rings is 2. The number of alkyl halides is 3. The lowest BCUT2D eigenvalue weighted by molar-refractivity contribution is -0.174. The molecule has 0 bridgehead atoms. The summed E-state index contributed by atoms with van der Waals surface area (Å²) in [6, 6.07) is 9.06. The highest BCUT2D eigenvalue weighted by molar-refractivity contribution is 7.92. The smallest absolute Gasteiger partial charge is 0.376 e. The minimum absolute atomic E-state index is 0.00709. The molecule has 6 nitrogen and oxygen atoms in total. The van der Waals surface area contributed by atoms with Gasteiger partial charge in [0.1, 0.15) is 12.0 Å². The Hall–Kier alpha value is -2.39. The molecule has 2 aromatic rings. The van der Waals surface area contributed by atoms with Crippen LogP contribution in [0.5, 0.6) is 0 Å². The molecule has 0 aliphatic heterocycles. The number of aliphatic hydroxyl groups excluding tert-OH is 1. The second-order valence-corrected chi connectivity index (χ2v) is 10.9. The normalized spacial score (nSPS) is 14.9. The summed E-state index contributed by atoms with van der Waals surface area (Å²) in [7, 11) is -8.54. The Balaban J connectivity index is 2.41. The van der Waals surface area contributed by atoms with Crippen molar-refractivity contribution in [2.24, 2.45) is 5.92 Å². The molecule has 0 spiro atoms. The Labute approximate surface area is 182 Å². The number of sulfone groups is 2. The molecule has 0 radical (unpaired) electrons. The minimum Gasteiger partial charge on any atom is -0.376 e. The molecule has 0 saturated heterocycles. The van der Waals surface area contributed by atoms with E-state index < -0.39 is 42.1 Å². The van der Waals surface area contributed by atoms with Gasteiger partial charge in [-0.2, -0.15) is 18.4 Å². The lowest BCUT2D eigenvalue weighted by atomic mass is 10.1. The molecule has 0 aliphatic carbocycles. The average Bonchev–Trinajstić information content (AvgIpc) is 2.66. The molecule has 2 aromatic carbocycles. The van der Waals surface area contributed by atoms with Gasteiger partial charge in [-0.1, -0.05) is 29.8 Å². The Morgan fingerprint density at radius 2 is 1.61 bits per heavy atom. The maximum absolute atomic E-state index is 13.5. The van der Waals surface area contributed by atoms with E-state index in [1.165, 1.54) is 18.2 Å². The van der Waals surface area contributed by atoms with E-state index in [9.17, 15) is 35.1 Å².